The molecule has 1 atom stereocenters. The predicted molar refractivity (Wildman–Crippen MR) is 98.5 cm³/mol. The predicted octanol–water partition coefficient (Wildman–Crippen LogP) is 2.80. The third-order valence-corrected chi connectivity index (χ3v) is 5.88. The lowest BCUT2D eigenvalue weighted by molar-refractivity contribution is -0.126. The fraction of sp³-hybridized carbons (Fsp3) is 0.650. The first-order valence-corrected chi connectivity index (χ1v) is 9.84. The average Bonchev–Trinajstić information content (AvgIpc) is 2.69. The molecule has 0 bridgehead atoms. The van der Waals surface area contributed by atoms with E-state index >= 15 is 0 Å². The number of carbonyl (C=O) groups excluding carboxylic acids is 1. The van der Waals surface area contributed by atoms with Gasteiger partial charge in [0.2, 0.25) is 5.91 Å². The molecule has 5 heteroatoms. The molecule has 1 saturated heterocycles. The molecule has 2 heterocycles. The molecule has 1 fully saturated rings. The summed E-state index contributed by atoms with van der Waals surface area (Å²) in [5.41, 5.74) is 2.61. The summed E-state index contributed by atoms with van der Waals surface area (Å²) in [4.78, 5) is 23.9. The van der Waals surface area contributed by atoms with Gasteiger partial charge in [-0.1, -0.05) is 12.2 Å². The lowest BCUT2D eigenvalue weighted by Gasteiger charge is -2.35. The average molecular weight is 340 g/mol. The number of aromatic nitrogens is 2. The van der Waals surface area contributed by atoms with Crippen LogP contribution in [0.1, 0.15) is 56.2 Å². The summed E-state index contributed by atoms with van der Waals surface area (Å²) < 4.78 is 0. The zero-order chi connectivity index (χ0) is 17.1. The van der Waals surface area contributed by atoms with E-state index in [0.717, 1.165) is 63.9 Å². The van der Waals surface area contributed by atoms with Crippen molar-refractivity contribution in [2.75, 3.05) is 18.0 Å². The highest BCUT2D eigenvalue weighted by molar-refractivity contribution is 5.79. The lowest BCUT2D eigenvalue weighted by atomic mass is 9.92. The first kappa shape index (κ1) is 16.6. The van der Waals surface area contributed by atoms with Crippen LogP contribution < -0.4 is 10.2 Å². The molecule has 0 saturated carbocycles. The molecule has 0 aromatic carbocycles. The number of piperidine rings is 1. The van der Waals surface area contributed by atoms with Crippen molar-refractivity contribution in [3.63, 3.8) is 0 Å². The van der Waals surface area contributed by atoms with Gasteiger partial charge in [0.25, 0.3) is 0 Å². The van der Waals surface area contributed by atoms with E-state index < -0.39 is 0 Å². The molecule has 1 amide bonds. The van der Waals surface area contributed by atoms with Gasteiger partial charge < -0.3 is 10.2 Å². The zero-order valence-corrected chi connectivity index (χ0v) is 14.9. The molecular weight excluding hydrogens is 312 g/mol. The highest BCUT2D eigenvalue weighted by Crippen LogP contribution is 2.29. The third kappa shape index (κ3) is 3.70. The molecule has 1 aromatic heterocycles. The number of allylic oxidation sites excluding steroid dienone is 2. The molecule has 25 heavy (non-hydrogen) atoms. The highest BCUT2D eigenvalue weighted by atomic mass is 16.1. The van der Waals surface area contributed by atoms with Crippen LogP contribution >= 0.6 is 0 Å². The number of amides is 1. The minimum Gasteiger partial charge on any atom is -0.356 e. The highest BCUT2D eigenvalue weighted by Gasteiger charge is 2.27. The minimum absolute atomic E-state index is 0.178. The van der Waals surface area contributed by atoms with E-state index in [1.807, 2.05) is 0 Å². The van der Waals surface area contributed by atoms with E-state index in [9.17, 15) is 4.79 Å². The van der Waals surface area contributed by atoms with Gasteiger partial charge in [-0.2, -0.15) is 0 Å². The lowest BCUT2D eigenvalue weighted by Crippen LogP contribution is -2.47. The van der Waals surface area contributed by atoms with Crippen molar-refractivity contribution >= 4 is 11.7 Å². The summed E-state index contributed by atoms with van der Waals surface area (Å²) >= 11 is 0. The Morgan fingerprint density at radius 2 is 1.92 bits per heavy atom. The van der Waals surface area contributed by atoms with Crippen LogP contribution in [0.3, 0.4) is 0 Å². The van der Waals surface area contributed by atoms with Crippen molar-refractivity contribution in [1.29, 1.82) is 0 Å². The number of rotatable bonds is 3. The molecule has 1 aliphatic heterocycles. The fourth-order valence-corrected chi connectivity index (χ4v) is 4.36. The molecule has 1 N–H and O–H groups in total. The standard InChI is InChI=1S/C20H28N4O/c25-20(15-6-2-1-3-7-15)23-16-10-12-24(13-11-16)19-17-8-4-5-9-18(17)21-14-22-19/h1-2,14-16H,3-13H2,(H,23,25)/t15-/m0/s1. The van der Waals surface area contributed by atoms with Crippen LogP contribution in [0.15, 0.2) is 18.5 Å². The van der Waals surface area contributed by atoms with Crippen molar-refractivity contribution in [2.24, 2.45) is 5.92 Å². The molecule has 2 aliphatic carbocycles. The maximum atomic E-state index is 12.4. The van der Waals surface area contributed by atoms with Crippen molar-refractivity contribution in [2.45, 2.75) is 63.8 Å². The van der Waals surface area contributed by atoms with Crippen LogP contribution in [-0.2, 0) is 17.6 Å². The van der Waals surface area contributed by atoms with Gasteiger partial charge >= 0.3 is 0 Å². The van der Waals surface area contributed by atoms with Gasteiger partial charge in [0.05, 0.1) is 0 Å². The summed E-state index contributed by atoms with van der Waals surface area (Å²) in [7, 11) is 0. The first-order chi connectivity index (χ1) is 12.3. The van der Waals surface area contributed by atoms with Gasteiger partial charge in [-0.05, 0) is 57.8 Å². The minimum atomic E-state index is 0.178. The molecule has 3 aliphatic rings. The van der Waals surface area contributed by atoms with E-state index in [0.29, 0.717) is 6.04 Å². The van der Waals surface area contributed by atoms with E-state index in [1.165, 1.54) is 24.1 Å². The Bertz CT molecular complexity index is 649. The van der Waals surface area contributed by atoms with Crippen molar-refractivity contribution in [1.82, 2.24) is 15.3 Å². The van der Waals surface area contributed by atoms with E-state index in [-0.39, 0.29) is 11.8 Å². The summed E-state index contributed by atoms with van der Waals surface area (Å²) in [5.74, 6) is 1.58. The Morgan fingerprint density at radius 1 is 1.08 bits per heavy atom. The topological polar surface area (TPSA) is 58.1 Å². The third-order valence-electron chi connectivity index (χ3n) is 5.88. The first-order valence-electron chi connectivity index (χ1n) is 9.84. The smallest absolute Gasteiger partial charge is 0.223 e. The van der Waals surface area contributed by atoms with Crippen molar-refractivity contribution in [3.05, 3.63) is 29.7 Å². The summed E-state index contributed by atoms with van der Waals surface area (Å²) in [6.07, 6.45) is 15.7. The Hall–Kier alpha value is -1.91. The van der Waals surface area contributed by atoms with E-state index in [2.05, 4.69) is 32.3 Å². The summed E-state index contributed by atoms with van der Waals surface area (Å²) in [6.45, 7) is 1.94. The van der Waals surface area contributed by atoms with Crippen molar-refractivity contribution < 1.29 is 4.79 Å². The fourth-order valence-electron chi connectivity index (χ4n) is 4.36. The molecule has 0 spiro atoms. The van der Waals surface area contributed by atoms with E-state index in [4.69, 9.17) is 0 Å². The maximum Gasteiger partial charge on any atom is 0.223 e. The number of hydrogen-bond donors (Lipinski definition) is 1. The number of carbonyl (C=O) groups is 1. The van der Waals surface area contributed by atoms with Gasteiger partial charge in [-0.15, -0.1) is 0 Å². The summed E-state index contributed by atoms with van der Waals surface area (Å²) in [6, 6.07) is 0.312. The second kappa shape index (κ2) is 7.54. The van der Waals surface area contributed by atoms with Crippen LogP contribution in [0.5, 0.6) is 0 Å². The molecule has 4 rings (SSSR count). The van der Waals surface area contributed by atoms with Crippen LogP contribution in [0.4, 0.5) is 5.82 Å². The quantitative estimate of drug-likeness (QED) is 0.860. The molecule has 0 unspecified atom stereocenters. The number of aryl methyl sites for hydroxylation is 1. The normalized spacial score (nSPS) is 24.0. The maximum absolute atomic E-state index is 12.4. The van der Waals surface area contributed by atoms with Crippen LogP contribution in [0.2, 0.25) is 0 Å². The second-order valence-electron chi connectivity index (χ2n) is 7.58. The number of fused-ring (bicyclic) bond motifs is 1. The van der Waals surface area contributed by atoms with Gasteiger partial charge in [-0.25, -0.2) is 9.97 Å². The summed E-state index contributed by atoms with van der Waals surface area (Å²) in [5, 5.41) is 3.29. The van der Waals surface area contributed by atoms with Crippen molar-refractivity contribution in [3.8, 4) is 0 Å². The molecule has 5 nitrogen and oxygen atoms in total. The number of nitrogens with zero attached hydrogens (tertiary/aromatic N) is 3. The number of nitrogens with one attached hydrogen (secondary N) is 1. The second-order valence-corrected chi connectivity index (χ2v) is 7.58. The SMILES string of the molecule is O=C(NC1CCN(c2ncnc3c2CCCC3)CC1)[C@H]1CC=CCC1. The molecule has 0 radical (unpaired) electrons. The van der Waals surface area contributed by atoms with Crippen LogP contribution in [-0.4, -0.2) is 35.0 Å². The Labute approximate surface area is 149 Å². The Morgan fingerprint density at radius 3 is 2.72 bits per heavy atom. The van der Waals surface area contributed by atoms with Gasteiger partial charge in [-0.3, -0.25) is 4.79 Å². The molecule has 134 valence electrons. The Balaban J connectivity index is 1.34. The Kier molecular flexibility index (Phi) is 4.99. The zero-order valence-electron chi connectivity index (χ0n) is 14.9. The van der Waals surface area contributed by atoms with Gasteiger partial charge in [0, 0.05) is 36.3 Å². The molecular formula is C20H28N4O. The largest absolute Gasteiger partial charge is 0.356 e. The number of anilines is 1. The van der Waals surface area contributed by atoms with Crippen LogP contribution in [0, 0.1) is 5.92 Å². The van der Waals surface area contributed by atoms with Gasteiger partial charge in [0.15, 0.2) is 0 Å². The monoisotopic (exact) mass is 340 g/mol. The van der Waals surface area contributed by atoms with Gasteiger partial charge in [0.1, 0.15) is 12.1 Å². The molecule has 1 aromatic rings. The van der Waals surface area contributed by atoms with E-state index in [1.54, 1.807) is 6.33 Å². The van der Waals surface area contributed by atoms with Crippen LogP contribution in [0.25, 0.3) is 0 Å². The number of hydrogen-bond acceptors (Lipinski definition) is 4.